The van der Waals surface area contributed by atoms with Gasteiger partial charge in [0, 0.05) is 37.2 Å². The third-order valence-corrected chi connectivity index (χ3v) is 4.95. The number of nitrogens with one attached hydrogen (secondary N) is 1. The molecule has 1 saturated carbocycles. The lowest BCUT2D eigenvalue weighted by atomic mass is 9.76. The number of carbonyl (C=O) groups excluding carboxylic acids is 1. The summed E-state index contributed by atoms with van der Waals surface area (Å²) in [4.78, 5) is 11.9. The van der Waals surface area contributed by atoms with Crippen LogP contribution in [0.25, 0.3) is 0 Å². The van der Waals surface area contributed by atoms with E-state index in [1.54, 1.807) is 13.0 Å². The Morgan fingerprint density at radius 3 is 2.90 bits per heavy atom. The van der Waals surface area contributed by atoms with Crippen molar-refractivity contribution in [3.63, 3.8) is 0 Å². The molecule has 6 nitrogen and oxygen atoms in total. The van der Waals surface area contributed by atoms with E-state index < -0.39 is 0 Å². The Balaban J connectivity index is 1.55. The maximum Gasteiger partial charge on any atom is 0.289 e. The van der Waals surface area contributed by atoms with Gasteiger partial charge in [0.1, 0.15) is 0 Å². The standard InChI is InChI=1S/C15H22N2O4/c1-10-8-12(21-17-10)14(19)16-9-11-2-3-15(13(11)18)4-6-20-7-5-15/h8,11,13,18H,2-7,9H2,1H3,(H,16,19)/t11-,13+/m1/s1. The zero-order valence-electron chi connectivity index (χ0n) is 12.3. The van der Waals surface area contributed by atoms with Gasteiger partial charge in [-0.3, -0.25) is 4.79 Å². The topological polar surface area (TPSA) is 84.6 Å². The third-order valence-electron chi connectivity index (χ3n) is 4.95. The minimum atomic E-state index is -0.363. The molecule has 1 aliphatic carbocycles. The van der Waals surface area contributed by atoms with E-state index in [0.29, 0.717) is 12.2 Å². The molecule has 2 fully saturated rings. The number of aryl methyl sites for hydroxylation is 1. The summed E-state index contributed by atoms with van der Waals surface area (Å²) in [6.07, 6.45) is 3.43. The number of aliphatic hydroxyl groups excluding tert-OH is 1. The number of hydrogen-bond donors (Lipinski definition) is 2. The van der Waals surface area contributed by atoms with Gasteiger partial charge in [-0.25, -0.2) is 0 Å². The molecule has 0 unspecified atom stereocenters. The minimum Gasteiger partial charge on any atom is -0.392 e. The molecule has 0 aromatic carbocycles. The Labute approximate surface area is 123 Å². The van der Waals surface area contributed by atoms with Gasteiger partial charge in [0.2, 0.25) is 5.76 Å². The molecule has 0 bridgehead atoms. The molecule has 6 heteroatoms. The molecule has 1 aromatic rings. The fourth-order valence-corrected chi connectivity index (χ4v) is 3.60. The number of carbonyl (C=O) groups is 1. The first-order valence-corrected chi connectivity index (χ1v) is 7.58. The molecule has 0 radical (unpaired) electrons. The van der Waals surface area contributed by atoms with Crippen molar-refractivity contribution in [2.75, 3.05) is 19.8 Å². The van der Waals surface area contributed by atoms with Crippen LogP contribution in [0.5, 0.6) is 0 Å². The maximum atomic E-state index is 11.9. The highest BCUT2D eigenvalue weighted by Gasteiger charge is 2.48. The molecule has 2 atom stereocenters. The van der Waals surface area contributed by atoms with Crippen molar-refractivity contribution < 1.29 is 19.2 Å². The van der Waals surface area contributed by atoms with Crippen molar-refractivity contribution in [3.8, 4) is 0 Å². The lowest BCUT2D eigenvalue weighted by Gasteiger charge is -2.37. The highest BCUT2D eigenvalue weighted by atomic mass is 16.5. The van der Waals surface area contributed by atoms with Crippen molar-refractivity contribution in [2.45, 2.75) is 38.7 Å². The van der Waals surface area contributed by atoms with Crippen LogP contribution in [0.2, 0.25) is 0 Å². The van der Waals surface area contributed by atoms with E-state index in [2.05, 4.69) is 10.5 Å². The summed E-state index contributed by atoms with van der Waals surface area (Å²) in [5.41, 5.74) is 0.679. The Kier molecular flexibility index (Phi) is 3.99. The first kappa shape index (κ1) is 14.5. The van der Waals surface area contributed by atoms with Gasteiger partial charge in [-0.15, -0.1) is 0 Å². The van der Waals surface area contributed by atoms with Gasteiger partial charge in [0.25, 0.3) is 5.91 Å². The molecule has 116 valence electrons. The zero-order valence-corrected chi connectivity index (χ0v) is 12.3. The highest BCUT2D eigenvalue weighted by molar-refractivity contribution is 5.91. The quantitative estimate of drug-likeness (QED) is 0.877. The smallest absolute Gasteiger partial charge is 0.289 e. The summed E-state index contributed by atoms with van der Waals surface area (Å²) in [5, 5.41) is 17.2. The normalized spacial score (nSPS) is 27.9. The van der Waals surface area contributed by atoms with E-state index in [1.807, 2.05) is 0 Å². The second-order valence-corrected chi connectivity index (χ2v) is 6.26. The van der Waals surface area contributed by atoms with Crippen molar-refractivity contribution in [2.24, 2.45) is 11.3 Å². The van der Waals surface area contributed by atoms with Gasteiger partial charge in [0.05, 0.1) is 11.8 Å². The number of aromatic nitrogens is 1. The minimum absolute atomic E-state index is 0.00350. The van der Waals surface area contributed by atoms with E-state index in [1.165, 1.54) is 0 Å². The first-order valence-electron chi connectivity index (χ1n) is 7.58. The maximum absolute atomic E-state index is 11.9. The molecule has 21 heavy (non-hydrogen) atoms. The molecular formula is C15H22N2O4. The number of hydrogen-bond acceptors (Lipinski definition) is 5. The number of rotatable bonds is 3. The van der Waals surface area contributed by atoms with E-state index in [0.717, 1.165) is 38.9 Å². The lowest BCUT2D eigenvalue weighted by molar-refractivity contribution is -0.0555. The molecule has 2 aliphatic rings. The number of nitrogens with zero attached hydrogens (tertiary/aromatic N) is 1. The van der Waals surface area contributed by atoms with Crippen LogP contribution in [0.1, 0.15) is 41.9 Å². The zero-order chi connectivity index (χ0) is 14.9. The van der Waals surface area contributed by atoms with Crippen molar-refractivity contribution in [1.82, 2.24) is 10.5 Å². The van der Waals surface area contributed by atoms with Crippen LogP contribution in [-0.2, 0) is 4.74 Å². The predicted molar refractivity (Wildman–Crippen MR) is 74.8 cm³/mol. The van der Waals surface area contributed by atoms with Crippen LogP contribution in [0.3, 0.4) is 0 Å². The van der Waals surface area contributed by atoms with Gasteiger partial charge in [-0.1, -0.05) is 5.16 Å². The predicted octanol–water partition coefficient (Wildman–Crippen LogP) is 1.28. The van der Waals surface area contributed by atoms with Crippen molar-refractivity contribution in [3.05, 3.63) is 17.5 Å². The van der Waals surface area contributed by atoms with Crippen LogP contribution >= 0.6 is 0 Å². The Morgan fingerprint density at radius 2 is 2.24 bits per heavy atom. The summed E-state index contributed by atoms with van der Waals surface area (Å²) in [6.45, 7) is 3.71. The molecule has 1 amide bonds. The van der Waals surface area contributed by atoms with Crippen molar-refractivity contribution in [1.29, 1.82) is 0 Å². The van der Waals surface area contributed by atoms with E-state index >= 15 is 0 Å². The molecule has 1 aliphatic heterocycles. The fourth-order valence-electron chi connectivity index (χ4n) is 3.60. The van der Waals surface area contributed by atoms with Crippen LogP contribution < -0.4 is 5.32 Å². The lowest BCUT2D eigenvalue weighted by Crippen LogP contribution is -2.41. The SMILES string of the molecule is Cc1cc(C(=O)NC[C@H]2CCC3(CCOCC3)[C@H]2O)on1. The monoisotopic (exact) mass is 294 g/mol. The molecule has 1 saturated heterocycles. The molecule has 2 N–H and O–H groups in total. The first-order chi connectivity index (χ1) is 10.1. The highest BCUT2D eigenvalue weighted by Crippen LogP contribution is 2.48. The summed E-state index contributed by atoms with van der Waals surface area (Å²) in [5.74, 6) is 0.0626. The Hall–Kier alpha value is -1.40. The molecule has 2 heterocycles. The second-order valence-electron chi connectivity index (χ2n) is 6.26. The average molecular weight is 294 g/mol. The number of aliphatic hydroxyl groups is 1. The molecule has 1 aromatic heterocycles. The summed E-state index contributed by atoms with van der Waals surface area (Å²) < 4.78 is 10.3. The van der Waals surface area contributed by atoms with Crippen molar-refractivity contribution >= 4 is 5.91 Å². The fraction of sp³-hybridized carbons (Fsp3) is 0.733. The summed E-state index contributed by atoms with van der Waals surface area (Å²) >= 11 is 0. The van der Waals surface area contributed by atoms with Gasteiger partial charge >= 0.3 is 0 Å². The second kappa shape index (κ2) is 5.77. The summed E-state index contributed by atoms with van der Waals surface area (Å²) in [7, 11) is 0. The van der Waals surface area contributed by atoms with E-state index in [4.69, 9.17) is 9.26 Å². The summed E-state index contributed by atoms with van der Waals surface area (Å²) in [6, 6.07) is 1.61. The third kappa shape index (κ3) is 2.82. The van der Waals surface area contributed by atoms with Gasteiger partial charge in [0.15, 0.2) is 0 Å². The van der Waals surface area contributed by atoms with Gasteiger partial charge in [-0.05, 0) is 32.6 Å². The number of amides is 1. The van der Waals surface area contributed by atoms with Crippen LogP contribution in [-0.4, -0.2) is 42.0 Å². The van der Waals surface area contributed by atoms with Crippen LogP contribution in [0.4, 0.5) is 0 Å². The van der Waals surface area contributed by atoms with Crippen LogP contribution in [0.15, 0.2) is 10.6 Å². The van der Waals surface area contributed by atoms with Gasteiger partial charge in [-0.2, -0.15) is 0 Å². The van der Waals surface area contributed by atoms with E-state index in [-0.39, 0.29) is 29.1 Å². The Bertz CT molecular complexity index is 508. The molecule has 1 spiro atoms. The van der Waals surface area contributed by atoms with Crippen LogP contribution in [0, 0.1) is 18.3 Å². The average Bonchev–Trinajstić information content (AvgIpc) is 3.05. The van der Waals surface area contributed by atoms with E-state index in [9.17, 15) is 9.90 Å². The largest absolute Gasteiger partial charge is 0.392 e. The number of ether oxygens (including phenoxy) is 1. The molecule has 3 rings (SSSR count). The van der Waals surface area contributed by atoms with Gasteiger partial charge < -0.3 is 19.7 Å². The molecular weight excluding hydrogens is 272 g/mol. The Morgan fingerprint density at radius 1 is 1.48 bits per heavy atom.